The smallest absolute Gasteiger partial charge is 0.0802 e. The molecule has 3 nitrogen and oxygen atoms in total. The molecule has 2 rings (SSSR count). The van der Waals surface area contributed by atoms with E-state index in [1.807, 2.05) is 24.3 Å². The number of rotatable bonds is 4. The molecule has 0 aromatic heterocycles. The minimum atomic E-state index is -0.407. The minimum absolute atomic E-state index is 0.407. The molecule has 0 radical (unpaired) electrons. The highest BCUT2D eigenvalue weighted by atomic mass is 35.5. The summed E-state index contributed by atoms with van der Waals surface area (Å²) in [7, 11) is 0. The monoisotopic (exact) mass is 255 g/mol. The number of aliphatic hydroxyl groups excluding tert-OH is 1. The van der Waals surface area contributed by atoms with Gasteiger partial charge < -0.3 is 9.84 Å². The average molecular weight is 256 g/mol. The average Bonchev–Trinajstić information content (AvgIpc) is 2.38. The summed E-state index contributed by atoms with van der Waals surface area (Å²) in [4.78, 5) is 2.32. The summed E-state index contributed by atoms with van der Waals surface area (Å²) in [5, 5.41) is 10.7. The molecule has 94 valence electrons. The number of benzene rings is 1. The van der Waals surface area contributed by atoms with E-state index in [1.165, 1.54) is 0 Å². The molecule has 0 spiro atoms. The Labute approximate surface area is 107 Å². The first-order valence-electron chi connectivity index (χ1n) is 5.99. The maximum atomic E-state index is 10.0. The number of aliphatic hydroxyl groups is 1. The molecule has 1 aliphatic heterocycles. The van der Waals surface area contributed by atoms with Crippen molar-refractivity contribution in [3.8, 4) is 0 Å². The maximum absolute atomic E-state index is 10.0. The number of nitrogens with zero attached hydrogens (tertiary/aromatic N) is 1. The highest BCUT2D eigenvalue weighted by Crippen LogP contribution is 2.19. The summed E-state index contributed by atoms with van der Waals surface area (Å²) in [5.74, 6) is 0. The lowest BCUT2D eigenvalue weighted by Crippen LogP contribution is -2.37. The van der Waals surface area contributed by atoms with E-state index in [0.29, 0.717) is 5.02 Å². The van der Waals surface area contributed by atoms with Crippen molar-refractivity contribution >= 4 is 11.6 Å². The van der Waals surface area contributed by atoms with Gasteiger partial charge in [-0.05, 0) is 24.1 Å². The van der Waals surface area contributed by atoms with Gasteiger partial charge in [0, 0.05) is 24.7 Å². The molecule has 1 fully saturated rings. The van der Waals surface area contributed by atoms with Gasteiger partial charge in [0.25, 0.3) is 0 Å². The molecule has 1 aliphatic rings. The molecule has 0 amide bonds. The summed E-state index contributed by atoms with van der Waals surface area (Å²) >= 11 is 5.81. The number of morpholine rings is 1. The zero-order valence-electron chi connectivity index (χ0n) is 9.81. The van der Waals surface area contributed by atoms with Crippen molar-refractivity contribution in [2.45, 2.75) is 12.5 Å². The Kier molecular flexibility index (Phi) is 4.80. The largest absolute Gasteiger partial charge is 0.388 e. The van der Waals surface area contributed by atoms with E-state index in [1.54, 1.807) is 0 Å². The topological polar surface area (TPSA) is 32.7 Å². The minimum Gasteiger partial charge on any atom is -0.388 e. The van der Waals surface area contributed by atoms with Crippen LogP contribution in [0, 0.1) is 0 Å². The Bertz CT molecular complexity index is 336. The van der Waals surface area contributed by atoms with Crippen LogP contribution in [0.4, 0.5) is 0 Å². The molecule has 0 bridgehead atoms. The van der Waals surface area contributed by atoms with Gasteiger partial charge in [0.15, 0.2) is 0 Å². The van der Waals surface area contributed by atoms with Crippen LogP contribution in [0.15, 0.2) is 24.3 Å². The second kappa shape index (κ2) is 6.36. The normalized spacial score (nSPS) is 19.2. The summed E-state index contributed by atoms with van der Waals surface area (Å²) < 4.78 is 5.29. The van der Waals surface area contributed by atoms with Crippen molar-refractivity contribution in [3.05, 3.63) is 34.9 Å². The summed E-state index contributed by atoms with van der Waals surface area (Å²) in [6, 6.07) is 7.39. The molecule has 1 N–H and O–H groups in total. The SMILES string of the molecule is OC(CCN1CCOCC1)c1ccc(Cl)cc1. The van der Waals surface area contributed by atoms with Gasteiger partial charge in [0.2, 0.25) is 0 Å². The Hall–Kier alpha value is -0.610. The van der Waals surface area contributed by atoms with Gasteiger partial charge in [-0.15, -0.1) is 0 Å². The fraction of sp³-hybridized carbons (Fsp3) is 0.538. The number of hydrogen-bond acceptors (Lipinski definition) is 3. The van der Waals surface area contributed by atoms with Gasteiger partial charge in [0.1, 0.15) is 0 Å². The molecule has 1 unspecified atom stereocenters. The quantitative estimate of drug-likeness (QED) is 0.894. The van der Waals surface area contributed by atoms with Crippen LogP contribution in [-0.4, -0.2) is 42.9 Å². The van der Waals surface area contributed by atoms with Crippen LogP contribution in [-0.2, 0) is 4.74 Å². The van der Waals surface area contributed by atoms with Crippen molar-refractivity contribution in [2.75, 3.05) is 32.8 Å². The lowest BCUT2D eigenvalue weighted by atomic mass is 10.1. The maximum Gasteiger partial charge on any atom is 0.0802 e. The third-order valence-corrected chi connectivity index (χ3v) is 3.33. The van der Waals surface area contributed by atoms with Crippen LogP contribution >= 0.6 is 11.6 Å². The summed E-state index contributed by atoms with van der Waals surface area (Å²) in [5.41, 5.74) is 0.933. The Morgan fingerprint density at radius 1 is 1.24 bits per heavy atom. The summed E-state index contributed by atoms with van der Waals surface area (Å²) in [6.07, 6.45) is 0.344. The van der Waals surface area contributed by atoms with Gasteiger partial charge in [-0.25, -0.2) is 0 Å². The highest BCUT2D eigenvalue weighted by molar-refractivity contribution is 6.30. The number of hydrogen-bond donors (Lipinski definition) is 1. The molecule has 1 heterocycles. The van der Waals surface area contributed by atoms with E-state index in [-0.39, 0.29) is 0 Å². The van der Waals surface area contributed by atoms with Gasteiger partial charge in [-0.1, -0.05) is 23.7 Å². The molecule has 1 aromatic carbocycles. The zero-order chi connectivity index (χ0) is 12.1. The molecule has 17 heavy (non-hydrogen) atoms. The van der Waals surface area contributed by atoms with Crippen molar-refractivity contribution in [1.82, 2.24) is 4.90 Å². The van der Waals surface area contributed by atoms with Crippen LogP contribution in [0.2, 0.25) is 5.02 Å². The fourth-order valence-electron chi connectivity index (χ4n) is 1.98. The van der Waals surface area contributed by atoms with E-state index in [2.05, 4.69) is 4.90 Å². The van der Waals surface area contributed by atoms with Gasteiger partial charge >= 0.3 is 0 Å². The van der Waals surface area contributed by atoms with Crippen molar-refractivity contribution in [2.24, 2.45) is 0 Å². The number of halogens is 1. The van der Waals surface area contributed by atoms with Crippen molar-refractivity contribution < 1.29 is 9.84 Å². The van der Waals surface area contributed by atoms with Crippen LogP contribution in [0.5, 0.6) is 0 Å². The van der Waals surface area contributed by atoms with Crippen LogP contribution < -0.4 is 0 Å². The van der Waals surface area contributed by atoms with E-state index in [9.17, 15) is 5.11 Å². The second-order valence-electron chi connectivity index (χ2n) is 4.31. The molecule has 4 heteroatoms. The lowest BCUT2D eigenvalue weighted by molar-refractivity contribution is 0.0300. The van der Waals surface area contributed by atoms with Crippen LogP contribution in [0.1, 0.15) is 18.1 Å². The second-order valence-corrected chi connectivity index (χ2v) is 4.75. The highest BCUT2D eigenvalue weighted by Gasteiger charge is 2.13. The van der Waals surface area contributed by atoms with E-state index >= 15 is 0 Å². The van der Waals surface area contributed by atoms with Crippen molar-refractivity contribution in [1.29, 1.82) is 0 Å². The Morgan fingerprint density at radius 2 is 1.88 bits per heavy atom. The Balaban J connectivity index is 1.80. The fourth-order valence-corrected chi connectivity index (χ4v) is 2.11. The van der Waals surface area contributed by atoms with Gasteiger partial charge in [-0.2, -0.15) is 0 Å². The third kappa shape index (κ3) is 3.96. The van der Waals surface area contributed by atoms with E-state index in [0.717, 1.165) is 44.8 Å². The van der Waals surface area contributed by atoms with E-state index < -0.39 is 6.10 Å². The zero-order valence-corrected chi connectivity index (χ0v) is 10.6. The molecule has 1 atom stereocenters. The van der Waals surface area contributed by atoms with Crippen LogP contribution in [0.25, 0.3) is 0 Å². The molecular weight excluding hydrogens is 238 g/mol. The predicted octanol–water partition coefficient (Wildman–Crippen LogP) is 2.10. The molecule has 1 saturated heterocycles. The first kappa shape index (κ1) is 12.8. The first-order valence-corrected chi connectivity index (χ1v) is 6.37. The van der Waals surface area contributed by atoms with Gasteiger partial charge in [-0.3, -0.25) is 4.90 Å². The molecule has 0 aliphatic carbocycles. The third-order valence-electron chi connectivity index (χ3n) is 3.08. The van der Waals surface area contributed by atoms with Crippen LogP contribution in [0.3, 0.4) is 0 Å². The Morgan fingerprint density at radius 3 is 2.53 bits per heavy atom. The lowest BCUT2D eigenvalue weighted by Gasteiger charge is -2.27. The van der Waals surface area contributed by atoms with E-state index in [4.69, 9.17) is 16.3 Å². The predicted molar refractivity (Wildman–Crippen MR) is 68.3 cm³/mol. The number of ether oxygens (including phenoxy) is 1. The van der Waals surface area contributed by atoms with Gasteiger partial charge in [0.05, 0.1) is 19.3 Å². The van der Waals surface area contributed by atoms with Crippen molar-refractivity contribution in [3.63, 3.8) is 0 Å². The molecular formula is C13H18ClNO2. The molecule has 1 aromatic rings. The summed E-state index contributed by atoms with van der Waals surface area (Å²) in [6.45, 7) is 4.45. The standard InChI is InChI=1S/C13H18ClNO2/c14-12-3-1-11(2-4-12)13(16)5-6-15-7-9-17-10-8-15/h1-4,13,16H,5-10H2. The molecule has 0 saturated carbocycles. The first-order chi connectivity index (χ1) is 8.25.